The molecule has 2 aromatic heterocycles. The maximum Gasteiger partial charge on any atom is 0.262 e. The van der Waals surface area contributed by atoms with Crippen molar-refractivity contribution in [2.24, 2.45) is 0 Å². The number of aromatic amines is 1. The summed E-state index contributed by atoms with van der Waals surface area (Å²) in [4.78, 5) is 20.0. The SMILES string of the molecule is CCc1nn(-c2c(Cl)cc(Cl)cc2Cl)c2nc(C(O)c3ccccc3)[nH]c(=O)c12. The van der Waals surface area contributed by atoms with Crippen molar-refractivity contribution in [1.82, 2.24) is 19.7 Å². The summed E-state index contributed by atoms with van der Waals surface area (Å²) in [7, 11) is 0. The van der Waals surface area contributed by atoms with E-state index in [0.29, 0.717) is 33.8 Å². The van der Waals surface area contributed by atoms with Gasteiger partial charge in [0.05, 0.1) is 15.7 Å². The number of halogens is 3. The van der Waals surface area contributed by atoms with Crippen molar-refractivity contribution in [2.45, 2.75) is 19.4 Å². The van der Waals surface area contributed by atoms with Gasteiger partial charge in [0.15, 0.2) is 5.65 Å². The molecule has 0 aliphatic carbocycles. The number of benzene rings is 2. The number of hydrogen-bond acceptors (Lipinski definition) is 4. The van der Waals surface area contributed by atoms with Crippen LogP contribution < -0.4 is 5.56 Å². The highest BCUT2D eigenvalue weighted by Gasteiger charge is 2.23. The second kappa shape index (κ2) is 7.80. The fourth-order valence-corrected chi connectivity index (χ4v) is 4.15. The predicted molar refractivity (Wildman–Crippen MR) is 114 cm³/mol. The van der Waals surface area contributed by atoms with Crippen molar-refractivity contribution in [3.8, 4) is 5.69 Å². The molecular weight excluding hydrogens is 435 g/mol. The zero-order chi connectivity index (χ0) is 20.7. The molecule has 1 atom stereocenters. The van der Waals surface area contributed by atoms with E-state index in [9.17, 15) is 9.90 Å². The van der Waals surface area contributed by atoms with E-state index in [1.807, 2.05) is 13.0 Å². The summed E-state index contributed by atoms with van der Waals surface area (Å²) < 4.78 is 1.42. The van der Waals surface area contributed by atoms with Gasteiger partial charge in [-0.05, 0) is 24.1 Å². The largest absolute Gasteiger partial charge is 0.380 e. The van der Waals surface area contributed by atoms with Gasteiger partial charge in [-0.15, -0.1) is 0 Å². The van der Waals surface area contributed by atoms with Gasteiger partial charge >= 0.3 is 0 Å². The van der Waals surface area contributed by atoms with Crippen LogP contribution in [-0.2, 0) is 6.42 Å². The smallest absolute Gasteiger partial charge is 0.262 e. The van der Waals surface area contributed by atoms with Crippen molar-refractivity contribution < 1.29 is 5.11 Å². The Morgan fingerprint density at radius 1 is 1.14 bits per heavy atom. The highest BCUT2D eigenvalue weighted by Crippen LogP contribution is 2.34. The maximum absolute atomic E-state index is 12.8. The number of aliphatic hydroxyl groups excluding tert-OH is 1. The molecule has 0 fully saturated rings. The molecule has 2 N–H and O–H groups in total. The number of nitrogens with one attached hydrogen (secondary N) is 1. The lowest BCUT2D eigenvalue weighted by Crippen LogP contribution is -2.16. The van der Waals surface area contributed by atoms with Gasteiger partial charge in [-0.3, -0.25) is 4.79 Å². The number of hydrogen-bond donors (Lipinski definition) is 2. The van der Waals surface area contributed by atoms with Gasteiger partial charge in [-0.2, -0.15) is 5.10 Å². The monoisotopic (exact) mass is 448 g/mol. The van der Waals surface area contributed by atoms with E-state index < -0.39 is 11.7 Å². The van der Waals surface area contributed by atoms with E-state index in [0.717, 1.165) is 0 Å². The molecule has 0 spiro atoms. The van der Waals surface area contributed by atoms with Gasteiger partial charge in [0.2, 0.25) is 0 Å². The van der Waals surface area contributed by atoms with E-state index >= 15 is 0 Å². The minimum absolute atomic E-state index is 0.0960. The van der Waals surface area contributed by atoms with Gasteiger partial charge in [0, 0.05) is 5.02 Å². The van der Waals surface area contributed by atoms with E-state index in [1.165, 1.54) is 16.8 Å². The Kier molecular flexibility index (Phi) is 5.36. The minimum Gasteiger partial charge on any atom is -0.380 e. The van der Waals surface area contributed by atoms with Crippen LogP contribution in [0.2, 0.25) is 15.1 Å². The van der Waals surface area contributed by atoms with Crippen LogP contribution in [0.3, 0.4) is 0 Å². The van der Waals surface area contributed by atoms with Crippen molar-refractivity contribution in [1.29, 1.82) is 0 Å². The number of aromatic nitrogens is 4. The molecular formula is C20H15Cl3N4O2. The average Bonchev–Trinajstić information content (AvgIpc) is 3.06. The molecule has 148 valence electrons. The fourth-order valence-electron chi connectivity index (χ4n) is 3.17. The molecule has 2 heterocycles. The van der Waals surface area contributed by atoms with Crippen LogP contribution in [0.15, 0.2) is 47.3 Å². The molecule has 0 bridgehead atoms. The molecule has 29 heavy (non-hydrogen) atoms. The molecule has 4 aromatic rings. The number of aryl methyl sites for hydroxylation is 1. The van der Waals surface area contributed by atoms with E-state index in [2.05, 4.69) is 15.1 Å². The summed E-state index contributed by atoms with van der Waals surface area (Å²) >= 11 is 18.8. The first-order chi connectivity index (χ1) is 13.9. The van der Waals surface area contributed by atoms with Crippen molar-refractivity contribution in [3.63, 3.8) is 0 Å². The highest BCUT2D eigenvalue weighted by molar-refractivity contribution is 6.40. The van der Waals surface area contributed by atoms with Crippen LogP contribution in [-0.4, -0.2) is 24.9 Å². The molecule has 1 unspecified atom stereocenters. The second-order valence-electron chi connectivity index (χ2n) is 6.39. The normalized spacial score (nSPS) is 12.4. The van der Waals surface area contributed by atoms with E-state index in [4.69, 9.17) is 34.8 Å². The number of H-pyrrole nitrogens is 1. The van der Waals surface area contributed by atoms with Gasteiger partial charge < -0.3 is 10.1 Å². The summed E-state index contributed by atoms with van der Waals surface area (Å²) in [5.41, 5.74) is 1.35. The van der Waals surface area contributed by atoms with Gasteiger partial charge in [-0.1, -0.05) is 72.1 Å². The van der Waals surface area contributed by atoms with Crippen molar-refractivity contribution >= 4 is 45.8 Å². The number of aliphatic hydroxyl groups is 1. The molecule has 4 rings (SSSR count). The van der Waals surface area contributed by atoms with Crippen molar-refractivity contribution in [3.05, 3.63) is 85.0 Å². The Labute approximate surface area is 180 Å². The average molecular weight is 450 g/mol. The fraction of sp³-hybridized carbons (Fsp3) is 0.150. The molecule has 0 aliphatic heterocycles. The summed E-state index contributed by atoms with van der Waals surface area (Å²) in [6.45, 7) is 1.88. The highest BCUT2D eigenvalue weighted by atomic mass is 35.5. The van der Waals surface area contributed by atoms with Crippen LogP contribution in [0.25, 0.3) is 16.7 Å². The minimum atomic E-state index is -1.11. The summed E-state index contributed by atoms with van der Waals surface area (Å²) in [5, 5.41) is 16.4. The van der Waals surface area contributed by atoms with Crippen LogP contribution in [0, 0.1) is 0 Å². The van der Waals surface area contributed by atoms with Crippen LogP contribution in [0.5, 0.6) is 0 Å². The Morgan fingerprint density at radius 2 is 1.79 bits per heavy atom. The summed E-state index contributed by atoms with van der Waals surface area (Å²) in [6, 6.07) is 12.0. The molecule has 0 radical (unpaired) electrons. The zero-order valence-corrected chi connectivity index (χ0v) is 17.4. The van der Waals surface area contributed by atoms with Gasteiger partial charge in [-0.25, -0.2) is 9.67 Å². The first-order valence-corrected chi connectivity index (χ1v) is 9.93. The Balaban J connectivity index is 2.00. The summed E-state index contributed by atoms with van der Waals surface area (Å²) in [5.74, 6) is 0.0960. The summed E-state index contributed by atoms with van der Waals surface area (Å²) in [6.07, 6.45) is -0.615. The van der Waals surface area contributed by atoms with Gasteiger partial charge in [0.1, 0.15) is 23.0 Å². The molecule has 0 saturated heterocycles. The molecule has 6 nitrogen and oxygen atoms in total. The Bertz CT molecular complexity index is 1250. The van der Waals surface area contributed by atoms with E-state index in [-0.39, 0.29) is 21.5 Å². The van der Waals surface area contributed by atoms with Crippen molar-refractivity contribution in [2.75, 3.05) is 0 Å². The topological polar surface area (TPSA) is 83.8 Å². The maximum atomic E-state index is 12.8. The third-order valence-electron chi connectivity index (χ3n) is 4.53. The van der Waals surface area contributed by atoms with Crippen LogP contribution in [0.4, 0.5) is 0 Å². The van der Waals surface area contributed by atoms with Crippen LogP contribution >= 0.6 is 34.8 Å². The first-order valence-electron chi connectivity index (χ1n) is 8.80. The van der Waals surface area contributed by atoms with Gasteiger partial charge in [0.25, 0.3) is 5.56 Å². The lowest BCUT2D eigenvalue weighted by molar-refractivity contribution is 0.210. The lowest BCUT2D eigenvalue weighted by Gasteiger charge is -2.12. The van der Waals surface area contributed by atoms with Crippen LogP contribution in [0.1, 0.15) is 30.1 Å². The lowest BCUT2D eigenvalue weighted by atomic mass is 10.1. The quantitative estimate of drug-likeness (QED) is 0.472. The second-order valence-corrected chi connectivity index (χ2v) is 7.64. The molecule has 0 saturated carbocycles. The predicted octanol–water partition coefficient (Wildman–Crippen LogP) is 4.71. The molecule has 2 aromatic carbocycles. The molecule has 0 aliphatic rings. The Morgan fingerprint density at radius 3 is 2.41 bits per heavy atom. The first kappa shape index (κ1) is 19.9. The molecule has 9 heteroatoms. The third kappa shape index (κ3) is 3.53. The number of fused-ring (bicyclic) bond motifs is 1. The zero-order valence-electron chi connectivity index (χ0n) is 15.2. The number of nitrogens with zero attached hydrogens (tertiary/aromatic N) is 3. The molecule has 0 amide bonds. The standard InChI is InChI=1S/C20H15Cl3N4O2/c1-2-14-15-19(27(26-14)16-12(22)8-11(21)9-13(16)23)24-18(25-20(15)29)17(28)10-6-4-3-5-7-10/h3-9,17,28H,2H2,1H3,(H,24,25,29). The third-order valence-corrected chi connectivity index (χ3v) is 5.33. The number of rotatable bonds is 4. The Hall–Kier alpha value is -2.38. The van der Waals surface area contributed by atoms with E-state index in [1.54, 1.807) is 24.3 Å².